The van der Waals surface area contributed by atoms with Gasteiger partial charge < -0.3 is 5.32 Å². The van der Waals surface area contributed by atoms with Crippen molar-refractivity contribution in [3.05, 3.63) is 59.2 Å². The second-order valence-corrected chi connectivity index (χ2v) is 5.34. The molecular formula is C17H23N3. The van der Waals surface area contributed by atoms with E-state index >= 15 is 0 Å². The van der Waals surface area contributed by atoms with Gasteiger partial charge in [-0.05, 0) is 44.9 Å². The Hall–Kier alpha value is -1.74. The minimum Gasteiger partial charge on any atom is -0.308 e. The Morgan fingerprint density at radius 3 is 2.50 bits per heavy atom. The van der Waals surface area contributed by atoms with E-state index in [0.29, 0.717) is 0 Å². The first-order valence-corrected chi connectivity index (χ1v) is 7.25. The summed E-state index contributed by atoms with van der Waals surface area (Å²) in [5.41, 5.74) is 5.05. The van der Waals surface area contributed by atoms with E-state index in [9.17, 15) is 0 Å². The molecule has 0 amide bonds. The van der Waals surface area contributed by atoms with E-state index < -0.39 is 0 Å². The van der Waals surface area contributed by atoms with Crippen LogP contribution in [0.15, 0.2) is 36.8 Å². The third kappa shape index (κ3) is 4.14. The molecule has 2 rings (SSSR count). The smallest absolute Gasteiger partial charge is 0.115 e. The van der Waals surface area contributed by atoms with Gasteiger partial charge in [-0.25, -0.2) is 9.97 Å². The van der Waals surface area contributed by atoms with Crippen LogP contribution in [0.4, 0.5) is 0 Å². The van der Waals surface area contributed by atoms with Crippen molar-refractivity contribution in [2.24, 2.45) is 0 Å². The topological polar surface area (TPSA) is 37.8 Å². The van der Waals surface area contributed by atoms with Gasteiger partial charge in [-0.1, -0.05) is 36.2 Å². The molecule has 2 aromatic rings. The van der Waals surface area contributed by atoms with Gasteiger partial charge in [0.15, 0.2) is 0 Å². The van der Waals surface area contributed by atoms with Crippen molar-refractivity contribution in [2.45, 2.75) is 39.7 Å². The number of benzene rings is 1. The molecule has 0 spiro atoms. The van der Waals surface area contributed by atoms with Crippen molar-refractivity contribution in [1.82, 2.24) is 15.3 Å². The van der Waals surface area contributed by atoms with Crippen LogP contribution < -0.4 is 5.32 Å². The Balaban J connectivity index is 2.19. The number of hydrogen-bond acceptors (Lipinski definition) is 3. The molecule has 1 aromatic carbocycles. The molecular weight excluding hydrogens is 246 g/mol. The van der Waals surface area contributed by atoms with Crippen LogP contribution in [0.5, 0.6) is 0 Å². The number of nitrogens with one attached hydrogen (secondary N) is 1. The molecule has 3 heteroatoms. The van der Waals surface area contributed by atoms with Gasteiger partial charge in [0.1, 0.15) is 6.33 Å². The van der Waals surface area contributed by atoms with Crippen molar-refractivity contribution in [3.63, 3.8) is 0 Å². The summed E-state index contributed by atoms with van der Waals surface area (Å²) in [6.07, 6.45) is 5.51. The fourth-order valence-electron chi connectivity index (χ4n) is 2.53. The number of aromatic nitrogens is 2. The molecule has 106 valence electrons. The van der Waals surface area contributed by atoms with Crippen LogP contribution in [-0.2, 0) is 6.42 Å². The van der Waals surface area contributed by atoms with Gasteiger partial charge >= 0.3 is 0 Å². The van der Waals surface area contributed by atoms with Gasteiger partial charge in [-0.15, -0.1) is 0 Å². The first-order valence-electron chi connectivity index (χ1n) is 7.25. The van der Waals surface area contributed by atoms with E-state index in [0.717, 1.165) is 25.1 Å². The van der Waals surface area contributed by atoms with Crippen LogP contribution in [-0.4, -0.2) is 16.5 Å². The predicted octanol–water partition coefficient (Wildman–Crippen LogP) is 3.38. The van der Waals surface area contributed by atoms with Crippen LogP contribution in [0.1, 0.15) is 41.8 Å². The predicted molar refractivity (Wildman–Crippen MR) is 82.7 cm³/mol. The lowest BCUT2D eigenvalue weighted by molar-refractivity contribution is 0.516. The van der Waals surface area contributed by atoms with E-state index in [1.165, 1.54) is 16.7 Å². The second-order valence-electron chi connectivity index (χ2n) is 5.34. The Morgan fingerprint density at radius 1 is 1.15 bits per heavy atom. The van der Waals surface area contributed by atoms with Gasteiger partial charge in [0, 0.05) is 6.20 Å². The highest BCUT2D eigenvalue weighted by Gasteiger charge is 2.13. The third-order valence-corrected chi connectivity index (χ3v) is 3.32. The van der Waals surface area contributed by atoms with Gasteiger partial charge in [-0.2, -0.15) is 0 Å². The minimum atomic E-state index is 0.249. The highest BCUT2D eigenvalue weighted by molar-refractivity contribution is 5.29. The van der Waals surface area contributed by atoms with Crippen LogP contribution in [0.25, 0.3) is 0 Å². The average molecular weight is 269 g/mol. The molecule has 1 aromatic heterocycles. The molecule has 0 aliphatic rings. The zero-order valence-electron chi connectivity index (χ0n) is 12.6. The maximum Gasteiger partial charge on any atom is 0.115 e. The molecule has 3 nitrogen and oxygen atoms in total. The highest BCUT2D eigenvalue weighted by atomic mass is 14.9. The molecule has 0 saturated carbocycles. The molecule has 0 aliphatic carbocycles. The Kier molecular flexibility index (Phi) is 5.24. The molecule has 0 fully saturated rings. The van der Waals surface area contributed by atoms with Crippen molar-refractivity contribution in [2.75, 3.05) is 6.54 Å². The summed E-state index contributed by atoms with van der Waals surface area (Å²) >= 11 is 0. The monoisotopic (exact) mass is 269 g/mol. The normalized spacial score (nSPS) is 12.3. The SMILES string of the molecule is CCCNC(Cc1cc(C)cc(C)c1)c1ccncn1. The number of aryl methyl sites for hydroxylation is 2. The van der Waals surface area contributed by atoms with Gasteiger partial charge in [-0.3, -0.25) is 0 Å². The van der Waals surface area contributed by atoms with Crippen LogP contribution in [0, 0.1) is 13.8 Å². The minimum absolute atomic E-state index is 0.249. The molecule has 1 heterocycles. The van der Waals surface area contributed by atoms with Crippen LogP contribution in [0.3, 0.4) is 0 Å². The summed E-state index contributed by atoms with van der Waals surface area (Å²) in [4.78, 5) is 8.40. The highest BCUT2D eigenvalue weighted by Crippen LogP contribution is 2.18. The first-order chi connectivity index (χ1) is 9.69. The molecule has 0 radical (unpaired) electrons. The van der Waals surface area contributed by atoms with E-state index in [2.05, 4.69) is 54.3 Å². The van der Waals surface area contributed by atoms with E-state index in [-0.39, 0.29) is 6.04 Å². The fraction of sp³-hybridized carbons (Fsp3) is 0.412. The van der Waals surface area contributed by atoms with Crippen molar-refractivity contribution >= 4 is 0 Å². The lowest BCUT2D eigenvalue weighted by Gasteiger charge is -2.18. The van der Waals surface area contributed by atoms with Crippen LogP contribution >= 0.6 is 0 Å². The lowest BCUT2D eigenvalue weighted by atomic mass is 9.99. The second kappa shape index (κ2) is 7.15. The third-order valence-electron chi connectivity index (χ3n) is 3.32. The lowest BCUT2D eigenvalue weighted by Crippen LogP contribution is -2.25. The molecule has 0 saturated heterocycles. The molecule has 1 unspecified atom stereocenters. The van der Waals surface area contributed by atoms with Crippen molar-refractivity contribution < 1.29 is 0 Å². The quantitative estimate of drug-likeness (QED) is 0.873. The van der Waals surface area contributed by atoms with E-state index in [1.54, 1.807) is 6.33 Å². The number of nitrogens with zero attached hydrogens (tertiary/aromatic N) is 2. The molecule has 1 N–H and O–H groups in total. The van der Waals surface area contributed by atoms with Gasteiger partial charge in [0.2, 0.25) is 0 Å². The van der Waals surface area contributed by atoms with E-state index in [4.69, 9.17) is 0 Å². The van der Waals surface area contributed by atoms with Gasteiger partial charge in [0.25, 0.3) is 0 Å². The molecule has 0 bridgehead atoms. The first kappa shape index (κ1) is 14.7. The molecule has 0 aliphatic heterocycles. The summed E-state index contributed by atoms with van der Waals surface area (Å²) < 4.78 is 0. The van der Waals surface area contributed by atoms with Gasteiger partial charge in [0.05, 0.1) is 11.7 Å². The largest absolute Gasteiger partial charge is 0.308 e. The zero-order chi connectivity index (χ0) is 14.4. The zero-order valence-corrected chi connectivity index (χ0v) is 12.6. The fourth-order valence-corrected chi connectivity index (χ4v) is 2.53. The maximum absolute atomic E-state index is 4.40. The maximum atomic E-state index is 4.40. The Labute approximate surface area is 121 Å². The Morgan fingerprint density at radius 2 is 1.90 bits per heavy atom. The van der Waals surface area contributed by atoms with E-state index in [1.807, 2.05) is 12.3 Å². The summed E-state index contributed by atoms with van der Waals surface area (Å²) in [5.74, 6) is 0. The molecule has 20 heavy (non-hydrogen) atoms. The summed E-state index contributed by atoms with van der Waals surface area (Å²) in [6.45, 7) is 7.48. The standard InChI is InChI=1S/C17H23N3/c1-4-6-19-17(16-5-7-18-12-20-16)11-15-9-13(2)8-14(3)10-15/h5,7-10,12,17,19H,4,6,11H2,1-3H3. The summed E-state index contributed by atoms with van der Waals surface area (Å²) in [5, 5.41) is 3.58. The summed E-state index contributed by atoms with van der Waals surface area (Å²) in [7, 11) is 0. The number of rotatable bonds is 6. The summed E-state index contributed by atoms with van der Waals surface area (Å²) in [6, 6.07) is 8.97. The van der Waals surface area contributed by atoms with Crippen LogP contribution in [0.2, 0.25) is 0 Å². The van der Waals surface area contributed by atoms with Crippen molar-refractivity contribution in [3.8, 4) is 0 Å². The van der Waals surface area contributed by atoms with Crippen molar-refractivity contribution in [1.29, 1.82) is 0 Å². The molecule has 1 atom stereocenters. The Bertz CT molecular complexity index is 517. The number of hydrogen-bond donors (Lipinski definition) is 1. The average Bonchev–Trinajstić information content (AvgIpc) is 2.43.